The molecule has 31 heavy (non-hydrogen) atoms. The SMILES string of the molecule is COc1ccc(N2C(=O)c3[nH]nc(CC(C)C)c3[C@@H]2c2cccc(C(F)(F)F)c2)cn1. The lowest BCUT2D eigenvalue weighted by Crippen LogP contribution is -2.29. The zero-order valence-electron chi connectivity index (χ0n) is 17.2. The van der Waals surface area contributed by atoms with Gasteiger partial charge in [-0.2, -0.15) is 18.3 Å². The molecule has 1 N–H and O–H groups in total. The van der Waals surface area contributed by atoms with Crippen LogP contribution in [0.1, 0.15) is 52.8 Å². The first-order valence-corrected chi connectivity index (χ1v) is 9.78. The summed E-state index contributed by atoms with van der Waals surface area (Å²) < 4.78 is 45.3. The van der Waals surface area contributed by atoms with E-state index in [1.54, 1.807) is 18.2 Å². The first-order valence-electron chi connectivity index (χ1n) is 9.78. The van der Waals surface area contributed by atoms with Crippen LogP contribution in [0, 0.1) is 5.92 Å². The molecule has 3 aromatic rings. The van der Waals surface area contributed by atoms with Crippen LogP contribution in [-0.4, -0.2) is 28.2 Å². The molecule has 0 saturated carbocycles. The fraction of sp³-hybridized carbons (Fsp3) is 0.318. The molecule has 0 bridgehead atoms. The van der Waals surface area contributed by atoms with Crippen LogP contribution >= 0.6 is 0 Å². The van der Waals surface area contributed by atoms with Crippen LogP contribution < -0.4 is 9.64 Å². The summed E-state index contributed by atoms with van der Waals surface area (Å²) in [5.41, 5.74) is 1.59. The Balaban J connectivity index is 1.88. The first kappa shape index (κ1) is 20.9. The minimum atomic E-state index is -4.49. The Morgan fingerprint density at radius 1 is 1.23 bits per heavy atom. The van der Waals surface area contributed by atoms with E-state index in [0.29, 0.717) is 34.8 Å². The molecule has 2 aromatic heterocycles. The van der Waals surface area contributed by atoms with Crippen LogP contribution in [0.4, 0.5) is 18.9 Å². The summed E-state index contributed by atoms with van der Waals surface area (Å²) in [6.07, 6.45) is -2.44. The van der Waals surface area contributed by atoms with Crippen molar-refractivity contribution in [3.63, 3.8) is 0 Å². The quantitative estimate of drug-likeness (QED) is 0.632. The van der Waals surface area contributed by atoms with E-state index in [1.807, 2.05) is 13.8 Å². The molecule has 0 radical (unpaired) electrons. The summed E-state index contributed by atoms with van der Waals surface area (Å²) in [5.74, 6) is 0.250. The zero-order chi connectivity index (χ0) is 22.3. The average Bonchev–Trinajstić information content (AvgIpc) is 3.26. The third kappa shape index (κ3) is 3.75. The second-order valence-electron chi connectivity index (χ2n) is 7.82. The number of nitrogens with zero attached hydrogens (tertiary/aromatic N) is 3. The Hall–Kier alpha value is -3.36. The van der Waals surface area contributed by atoms with Gasteiger partial charge in [-0.25, -0.2) is 4.98 Å². The summed E-state index contributed by atoms with van der Waals surface area (Å²) >= 11 is 0. The number of halogens is 3. The molecule has 9 heteroatoms. The van der Waals surface area contributed by atoms with Crippen LogP contribution in [0.2, 0.25) is 0 Å². The smallest absolute Gasteiger partial charge is 0.416 e. The fourth-order valence-electron chi connectivity index (χ4n) is 3.86. The number of H-pyrrole nitrogens is 1. The Labute approximate surface area is 177 Å². The standard InChI is InChI=1S/C22H21F3N4O2/c1-12(2)9-16-18-19(28-27-16)21(30)29(15-7-8-17(31-3)26-11-15)20(18)13-5-4-6-14(10-13)22(23,24)25/h4-8,10-12,20H,9H2,1-3H3,(H,27,28)/t20-/m0/s1. The number of methoxy groups -OCH3 is 1. The van der Waals surface area contributed by atoms with E-state index in [-0.39, 0.29) is 17.5 Å². The van der Waals surface area contributed by atoms with Gasteiger partial charge in [-0.1, -0.05) is 26.0 Å². The molecule has 1 aromatic carbocycles. The maximum absolute atomic E-state index is 13.4. The molecule has 162 valence electrons. The molecule has 0 fully saturated rings. The van der Waals surface area contributed by atoms with Gasteiger partial charge in [0.25, 0.3) is 5.91 Å². The highest BCUT2D eigenvalue weighted by Gasteiger charge is 2.43. The molecule has 4 rings (SSSR count). The van der Waals surface area contributed by atoms with Crippen molar-refractivity contribution < 1.29 is 22.7 Å². The number of benzene rings is 1. The van der Waals surface area contributed by atoms with Crippen molar-refractivity contribution in [1.82, 2.24) is 15.2 Å². The number of aromatic nitrogens is 3. The number of fused-ring (bicyclic) bond motifs is 1. The van der Waals surface area contributed by atoms with Crippen LogP contribution in [0.5, 0.6) is 5.88 Å². The predicted molar refractivity (Wildman–Crippen MR) is 108 cm³/mol. The molecule has 1 aliphatic rings. The molecular weight excluding hydrogens is 409 g/mol. The van der Waals surface area contributed by atoms with Crippen molar-refractivity contribution in [2.24, 2.45) is 5.92 Å². The van der Waals surface area contributed by atoms with E-state index < -0.39 is 17.8 Å². The number of alkyl halides is 3. The van der Waals surface area contributed by atoms with E-state index in [2.05, 4.69) is 15.2 Å². The molecular formula is C22H21F3N4O2. The maximum Gasteiger partial charge on any atom is 0.416 e. The Morgan fingerprint density at radius 3 is 2.61 bits per heavy atom. The normalized spacial score (nSPS) is 16.2. The lowest BCUT2D eigenvalue weighted by Gasteiger charge is -2.27. The molecule has 0 saturated heterocycles. The van der Waals surface area contributed by atoms with Crippen LogP contribution in [0.15, 0.2) is 42.6 Å². The summed E-state index contributed by atoms with van der Waals surface area (Å²) in [6.45, 7) is 4.03. The monoisotopic (exact) mass is 430 g/mol. The topological polar surface area (TPSA) is 71.1 Å². The zero-order valence-corrected chi connectivity index (χ0v) is 17.2. The number of hydrogen-bond donors (Lipinski definition) is 1. The highest BCUT2D eigenvalue weighted by Crippen LogP contribution is 2.44. The van der Waals surface area contributed by atoms with E-state index in [9.17, 15) is 18.0 Å². The van der Waals surface area contributed by atoms with E-state index >= 15 is 0 Å². The van der Waals surface area contributed by atoms with Gasteiger partial charge in [0, 0.05) is 11.6 Å². The molecule has 0 unspecified atom stereocenters. The van der Waals surface area contributed by atoms with Gasteiger partial charge in [-0.3, -0.25) is 14.8 Å². The number of amides is 1. The lowest BCUT2D eigenvalue weighted by atomic mass is 9.94. The number of rotatable bonds is 5. The number of carbonyl (C=O) groups is 1. The number of nitrogens with one attached hydrogen (secondary N) is 1. The number of ether oxygens (including phenoxy) is 1. The van der Waals surface area contributed by atoms with E-state index in [1.165, 1.54) is 24.3 Å². The van der Waals surface area contributed by atoms with E-state index in [0.717, 1.165) is 12.1 Å². The van der Waals surface area contributed by atoms with Crippen molar-refractivity contribution >= 4 is 11.6 Å². The van der Waals surface area contributed by atoms with Crippen molar-refractivity contribution in [3.8, 4) is 5.88 Å². The van der Waals surface area contributed by atoms with Gasteiger partial charge in [-0.15, -0.1) is 0 Å². The number of aromatic amines is 1. The second kappa shape index (κ2) is 7.72. The molecule has 3 heterocycles. The summed E-state index contributed by atoms with van der Waals surface area (Å²) in [5, 5.41) is 7.10. The molecule has 0 spiro atoms. The lowest BCUT2D eigenvalue weighted by molar-refractivity contribution is -0.137. The van der Waals surface area contributed by atoms with Crippen LogP contribution in [0.25, 0.3) is 0 Å². The third-order valence-electron chi connectivity index (χ3n) is 5.19. The predicted octanol–water partition coefficient (Wildman–Crippen LogP) is 4.78. The van der Waals surface area contributed by atoms with Crippen LogP contribution in [-0.2, 0) is 12.6 Å². The number of hydrogen-bond acceptors (Lipinski definition) is 4. The minimum absolute atomic E-state index is 0.251. The van der Waals surface area contributed by atoms with E-state index in [4.69, 9.17) is 4.74 Å². The Bertz CT molecular complexity index is 1110. The third-order valence-corrected chi connectivity index (χ3v) is 5.19. The van der Waals surface area contributed by atoms with Gasteiger partial charge in [0.05, 0.1) is 36.3 Å². The van der Waals surface area contributed by atoms with Gasteiger partial charge in [0.1, 0.15) is 5.69 Å². The number of pyridine rings is 1. The summed E-state index contributed by atoms with van der Waals surface area (Å²) in [7, 11) is 1.48. The van der Waals surface area contributed by atoms with Crippen molar-refractivity contribution in [2.75, 3.05) is 12.0 Å². The Kier molecular flexibility index (Phi) is 5.20. The Morgan fingerprint density at radius 2 is 2.00 bits per heavy atom. The summed E-state index contributed by atoms with van der Waals surface area (Å²) in [4.78, 5) is 18.9. The number of anilines is 1. The maximum atomic E-state index is 13.4. The van der Waals surface area contributed by atoms with Gasteiger partial charge in [0.2, 0.25) is 5.88 Å². The second-order valence-corrected chi connectivity index (χ2v) is 7.82. The van der Waals surface area contributed by atoms with Gasteiger partial charge in [-0.05, 0) is 36.1 Å². The largest absolute Gasteiger partial charge is 0.481 e. The fourth-order valence-corrected chi connectivity index (χ4v) is 3.86. The van der Waals surface area contributed by atoms with Crippen molar-refractivity contribution in [2.45, 2.75) is 32.5 Å². The highest BCUT2D eigenvalue weighted by atomic mass is 19.4. The van der Waals surface area contributed by atoms with Gasteiger partial charge >= 0.3 is 6.18 Å². The number of carbonyl (C=O) groups excluding carboxylic acids is 1. The molecule has 1 atom stereocenters. The minimum Gasteiger partial charge on any atom is -0.481 e. The van der Waals surface area contributed by atoms with Crippen molar-refractivity contribution in [3.05, 3.63) is 70.7 Å². The average molecular weight is 430 g/mol. The van der Waals surface area contributed by atoms with Gasteiger partial charge in [0.15, 0.2) is 0 Å². The molecule has 1 aliphatic heterocycles. The van der Waals surface area contributed by atoms with Crippen molar-refractivity contribution in [1.29, 1.82) is 0 Å². The molecule has 0 aliphatic carbocycles. The summed E-state index contributed by atoms with van der Waals surface area (Å²) in [6, 6.07) is 7.56. The van der Waals surface area contributed by atoms with Crippen LogP contribution in [0.3, 0.4) is 0 Å². The van der Waals surface area contributed by atoms with Gasteiger partial charge < -0.3 is 4.74 Å². The first-order chi connectivity index (χ1) is 14.7. The highest BCUT2D eigenvalue weighted by molar-refractivity contribution is 6.10. The molecule has 1 amide bonds. The molecule has 6 nitrogen and oxygen atoms in total.